The lowest BCUT2D eigenvalue weighted by atomic mass is 10.0. The Morgan fingerprint density at radius 1 is 1.35 bits per heavy atom. The van der Waals surface area contributed by atoms with Gasteiger partial charge in [-0.15, -0.1) is 0 Å². The maximum atomic E-state index is 13.6. The first-order valence-corrected chi connectivity index (χ1v) is 6.58. The minimum Gasteiger partial charge on any atom is -0.359 e. The fourth-order valence-corrected chi connectivity index (χ4v) is 2.29. The third-order valence-electron chi connectivity index (χ3n) is 3.45. The molecule has 1 saturated carbocycles. The lowest BCUT2D eigenvalue weighted by molar-refractivity contribution is -0.120. The second-order valence-corrected chi connectivity index (χ2v) is 5.42. The highest BCUT2D eigenvalue weighted by atomic mass is 19.4. The molecule has 0 aliphatic heterocycles. The predicted molar refractivity (Wildman–Crippen MR) is 70.2 cm³/mol. The van der Waals surface area contributed by atoms with Gasteiger partial charge in [0.1, 0.15) is 12.4 Å². The SMILES string of the molecule is Cc1cc(N(CC(F)(F)F)C2CC2)c(C(C)N)cc1F. The van der Waals surface area contributed by atoms with Gasteiger partial charge in [0.15, 0.2) is 0 Å². The van der Waals surface area contributed by atoms with Crippen LogP contribution >= 0.6 is 0 Å². The summed E-state index contributed by atoms with van der Waals surface area (Å²) in [6, 6.07) is 2.08. The molecule has 1 aromatic carbocycles. The number of nitrogens with two attached hydrogens (primary N) is 1. The molecule has 0 radical (unpaired) electrons. The highest BCUT2D eigenvalue weighted by Gasteiger charge is 2.39. The van der Waals surface area contributed by atoms with Gasteiger partial charge in [-0.2, -0.15) is 13.2 Å². The molecular weight excluding hydrogens is 272 g/mol. The van der Waals surface area contributed by atoms with Crippen molar-refractivity contribution < 1.29 is 17.6 Å². The van der Waals surface area contributed by atoms with Gasteiger partial charge in [0.25, 0.3) is 0 Å². The molecule has 0 spiro atoms. The molecule has 1 unspecified atom stereocenters. The number of hydrogen-bond acceptors (Lipinski definition) is 2. The average molecular weight is 290 g/mol. The third-order valence-corrected chi connectivity index (χ3v) is 3.45. The van der Waals surface area contributed by atoms with E-state index in [0.717, 1.165) is 12.8 Å². The van der Waals surface area contributed by atoms with E-state index in [4.69, 9.17) is 5.73 Å². The van der Waals surface area contributed by atoms with Crippen LogP contribution in [0.2, 0.25) is 0 Å². The Hall–Kier alpha value is -1.30. The molecular formula is C14H18F4N2. The summed E-state index contributed by atoms with van der Waals surface area (Å²) in [5.41, 5.74) is 6.93. The van der Waals surface area contributed by atoms with Crippen molar-refractivity contribution in [2.24, 2.45) is 5.73 Å². The van der Waals surface area contributed by atoms with E-state index in [1.807, 2.05) is 0 Å². The molecule has 0 aromatic heterocycles. The van der Waals surface area contributed by atoms with Crippen LogP contribution in [0.1, 0.15) is 36.9 Å². The summed E-state index contributed by atoms with van der Waals surface area (Å²) in [5.74, 6) is -0.441. The number of aryl methyl sites for hydroxylation is 1. The van der Waals surface area contributed by atoms with Crippen LogP contribution in [-0.2, 0) is 0 Å². The molecule has 1 fully saturated rings. The summed E-state index contributed by atoms with van der Waals surface area (Å²) >= 11 is 0. The van der Waals surface area contributed by atoms with Gasteiger partial charge in [0, 0.05) is 17.8 Å². The summed E-state index contributed by atoms with van der Waals surface area (Å²) < 4.78 is 51.9. The molecule has 6 heteroatoms. The quantitative estimate of drug-likeness (QED) is 0.857. The summed E-state index contributed by atoms with van der Waals surface area (Å²) in [4.78, 5) is 1.31. The summed E-state index contributed by atoms with van der Waals surface area (Å²) in [6.45, 7) is 2.16. The monoisotopic (exact) mass is 290 g/mol. The van der Waals surface area contributed by atoms with E-state index >= 15 is 0 Å². The Bertz CT molecular complexity index is 493. The Labute approximate surface area is 115 Å². The van der Waals surface area contributed by atoms with Crippen molar-refractivity contribution in [3.8, 4) is 0 Å². The standard InChI is InChI=1S/C14H18F4N2/c1-8-5-13(11(9(2)19)6-12(8)15)20(10-3-4-10)7-14(16,17)18/h5-6,9-10H,3-4,7,19H2,1-2H3. The van der Waals surface area contributed by atoms with Gasteiger partial charge >= 0.3 is 6.18 Å². The van der Waals surface area contributed by atoms with Crippen LogP contribution in [0.5, 0.6) is 0 Å². The van der Waals surface area contributed by atoms with Crippen LogP contribution in [0.15, 0.2) is 12.1 Å². The molecule has 0 saturated heterocycles. The zero-order valence-corrected chi connectivity index (χ0v) is 11.5. The van der Waals surface area contributed by atoms with Gasteiger partial charge < -0.3 is 10.6 Å². The average Bonchev–Trinajstić information content (AvgIpc) is 3.11. The maximum absolute atomic E-state index is 13.6. The topological polar surface area (TPSA) is 29.3 Å². The molecule has 1 aliphatic carbocycles. The first kappa shape index (κ1) is 15.1. The minimum atomic E-state index is -4.29. The number of alkyl halides is 3. The number of nitrogens with zero attached hydrogens (tertiary/aromatic N) is 1. The highest BCUT2D eigenvalue weighted by Crippen LogP contribution is 2.38. The van der Waals surface area contributed by atoms with Crippen LogP contribution in [0.3, 0.4) is 0 Å². The van der Waals surface area contributed by atoms with Crippen molar-refractivity contribution >= 4 is 5.69 Å². The number of benzene rings is 1. The molecule has 2 N–H and O–H groups in total. The van der Waals surface area contributed by atoms with Crippen molar-refractivity contribution in [1.82, 2.24) is 0 Å². The van der Waals surface area contributed by atoms with E-state index in [2.05, 4.69) is 0 Å². The zero-order chi connectivity index (χ0) is 15.1. The second kappa shape index (κ2) is 5.24. The van der Waals surface area contributed by atoms with Crippen LogP contribution in [0.4, 0.5) is 23.2 Å². The molecule has 112 valence electrons. The van der Waals surface area contributed by atoms with Gasteiger partial charge in [-0.25, -0.2) is 4.39 Å². The van der Waals surface area contributed by atoms with Gasteiger partial charge in [0.2, 0.25) is 0 Å². The third kappa shape index (κ3) is 3.42. The van der Waals surface area contributed by atoms with E-state index < -0.39 is 24.6 Å². The molecule has 0 amide bonds. The number of rotatable bonds is 4. The molecule has 1 atom stereocenters. The molecule has 2 rings (SSSR count). The fourth-order valence-electron chi connectivity index (χ4n) is 2.29. The van der Waals surface area contributed by atoms with Crippen molar-refractivity contribution in [3.63, 3.8) is 0 Å². The number of anilines is 1. The van der Waals surface area contributed by atoms with Gasteiger partial charge in [-0.1, -0.05) is 0 Å². The zero-order valence-electron chi connectivity index (χ0n) is 11.5. The first-order chi connectivity index (χ1) is 9.19. The largest absolute Gasteiger partial charge is 0.405 e. The summed E-state index contributed by atoms with van der Waals surface area (Å²) in [6.07, 6.45) is -2.84. The molecule has 20 heavy (non-hydrogen) atoms. The van der Waals surface area contributed by atoms with Crippen molar-refractivity contribution in [2.75, 3.05) is 11.4 Å². The molecule has 0 bridgehead atoms. The van der Waals surface area contributed by atoms with E-state index in [9.17, 15) is 17.6 Å². The van der Waals surface area contributed by atoms with Crippen molar-refractivity contribution in [1.29, 1.82) is 0 Å². The van der Waals surface area contributed by atoms with Crippen molar-refractivity contribution in [3.05, 3.63) is 29.1 Å². The number of hydrogen-bond donors (Lipinski definition) is 1. The Balaban J connectivity index is 2.44. The molecule has 2 nitrogen and oxygen atoms in total. The second-order valence-electron chi connectivity index (χ2n) is 5.42. The van der Waals surface area contributed by atoms with Crippen LogP contribution < -0.4 is 10.6 Å². The lowest BCUT2D eigenvalue weighted by Crippen LogP contribution is -2.37. The van der Waals surface area contributed by atoms with Crippen LogP contribution in [0, 0.1) is 12.7 Å². The highest BCUT2D eigenvalue weighted by molar-refractivity contribution is 5.58. The van der Waals surface area contributed by atoms with Crippen LogP contribution in [0.25, 0.3) is 0 Å². The van der Waals surface area contributed by atoms with E-state index in [1.54, 1.807) is 13.8 Å². The molecule has 1 aliphatic rings. The van der Waals surface area contributed by atoms with Crippen LogP contribution in [-0.4, -0.2) is 18.8 Å². The van der Waals surface area contributed by atoms with E-state index in [1.165, 1.54) is 17.0 Å². The number of halogens is 4. The fraction of sp³-hybridized carbons (Fsp3) is 0.571. The predicted octanol–water partition coefficient (Wildman–Crippen LogP) is 3.68. The lowest BCUT2D eigenvalue weighted by Gasteiger charge is -2.29. The van der Waals surface area contributed by atoms with E-state index in [-0.39, 0.29) is 6.04 Å². The maximum Gasteiger partial charge on any atom is 0.405 e. The molecule has 1 aromatic rings. The van der Waals surface area contributed by atoms with Crippen molar-refractivity contribution in [2.45, 2.75) is 44.9 Å². The Morgan fingerprint density at radius 2 is 1.95 bits per heavy atom. The minimum absolute atomic E-state index is 0.126. The Morgan fingerprint density at radius 3 is 2.40 bits per heavy atom. The van der Waals surface area contributed by atoms with E-state index in [0.29, 0.717) is 16.8 Å². The van der Waals surface area contributed by atoms with Gasteiger partial charge in [-0.3, -0.25) is 0 Å². The summed E-state index contributed by atoms with van der Waals surface area (Å²) in [5, 5.41) is 0. The molecule has 0 heterocycles. The van der Waals surface area contributed by atoms with Gasteiger partial charge in [0.05, 0.1) is 0 Å². The Kier molecular flexibility index (Phi) is 3.95. The summed E-state index contributed by atoms with van der Waals surface area (Å²) in [7, 11) is 0. The van der Waals surface area contributed by atoms with Gasteiger partial charge in [-0.05, 0) is 49.9 Å². The normalized spacial score (nSPS) is 17.1. The smallest absolute Gasteiger partial charge is 0.359 e. The first-order valence-electron chi connectivity index (χ1n) is 6.58.